The molecule has 0 aromatic heterocycles. The summed E-state index contributed by atoms with van der Waals surface area (Å²) in [5.74, 6) is 0.795. The van der Waals surface area contributed by atoms with Crippen LogP contribution in [-0.4, -0.2) is 54.6 Å². The maximum absolute atomic E-state index is 14.0. The Labute approximate surface area is 211 Å². The van der Waals surface area contributed by atoms with Gasteiger partial charge in [-0.05, 0) is 37.5 Å². The van der Waals surface area contributed by atoms with Gasteiger partial charge in [0.15, 0.2) is 5.96 Å². The molecule has 2 aromatic carbocycles. The van der Waals surface area contributed by atoms with E-state index in [2.05, 4.69) is 27.3 Å². The Bertz CT molecular complexity index is 986. The quantitative estimate of drug-likeness (QED) is 0.302. The molecule has 0 radical (unpaired) electrons. The number of carbonyl (C=O) groups excluding carboxylic acids is 1. The lowest BCUT2D eigenvalue weighted by Gasteiger charge is -2.24. The van der Waals surface area contributed by atoms with Gasteiger partial charge >= 0.3 is 0 Å². The monoisotopic (exact) mass is 566 g/mol. The molecule has 0 bridgehead atoms. The van der Waals surface area contributed by atoms with E-state index < -0.39 is 11.9 Å². The first-order valence-corrected chi connectivity index (χ1v) is 11.4. The third kappa shape index (κ3) is 5.84. The molecule has 6 nitrogen and oxygen atoms in total. The molecule has 2 unspecified atom stereocenters. The van der Waals surface area contributed by atoms with Gasteiger partial charge < -0.3 is 20.2 Å². The minimum Gasteiger partial charge on any atom is -0.386 e. The molecule has 0 aliphatic carbocycles. The molecule has 1 amide bonds. The average molecular weight is 566 g/mol. The van der Waals surface area contributed by atoms with Crippen molar-refractivity contribution in [2.45, 2.75) is 38.2 Å². The predicted octanol–water partition coefficient (Wildman–Crippen LogP) is 4.06. The molecule has 33 heavy (non-hydrogen) atoms. The normalized spacial score (nSPS) is 18.8. The van der Waals surface area contributed by atoms with Crippen LogP contribution in [0.1, 0.15) is 49.3 Å². The highest BCUT2D eigenvalue weighted by atomic mass is 127. The number of aliphatic imine (C=N–C) groups is 1. The first kappa shape index (κ1) is 25.4. The molecule has 2 heterocycles. The number of carbonyl (C=O) groups is 1. The maximum atomic E-state index is 14.0. The van der Waals surface area contributed by atoms with Gasteiger partial charge in [0, 0.05) is 49.8 Å². The van der Waals surface area contributed by atoms with Crippen LogP contribution < -0.4 is 10.2 Å². The molecular formula is C25H32FIN4O2. The van der Waals surface area contributed by atoms with Gasteiger partial charge in [0.1, 0.15) is 11.9 Å². The molecule has 2 atom stereocenters. The van der Waals surface area contributed by atoms with Crippen molar-refractivity contribution in [2.75, 3.05) is 37.6 Å². The molecule has 8 heteroatoms. The van der Waals surface area contributed by atoms with Gasteiger partial charge in [-0.15, -0.1) is 24.0 Å². The maximum Gasteiger partial charge on any atom is 0.222 e. The highest BCUT2D eigenvalue weighted by Crippen LogP contribution is 2.38. The lowest BCUT2D eigenvalue weighted by molar-refractivity contribution is -0.127. The van der Waals surface area contributed by atoms with E-state index in [1.54, 1.807) is 18.2 Å². The predicted molar refractivity (Wildman–Crippen MR) is 140 cm³/mol. The number of fused-ring (bicyclic) bond motifs is 1. The zero-order valence-corrected chi connectivity index (χ0v) is 21.2. The fourth-order valence-corrected chi connectivity index (χ4v) is 4.61. The van der Waals surface area contributed by atoms with Crippen LogP contribution in [0, 0.1) is 5.82 Å². The molecule has 1 fully saturated rings. The summed E-state index contributed by atoms with van der Waals surface area (Å²) in [6, 6.07) is 14.5. The Morgan fingerprint density at radius 3 is 2.73 bits per heavy atom. The third-order valence-electron chi connectivity index (χ3n) is 6.26. The van der Waals surface area contributed by atoms with Gasteiger partial charge in [-0.1, -0.05) is 36.4 Å². The Morgan fingerprint density at radius 1 is 1.24 bits per heavy atom. The van der Waals surface area contributed by atoms with Gasteiger partial charge in [0.2, 0.25) is 5.91 Å². The van der Waals surface area contributed by atoms with Crippen molar-refractivity contribution in [3.63, 3.8) is 0 Å². The summed E-state index contributed by atoms with van der Waals surface area (Å²) < 4.78 is 14.0. The van der Waals surface area contributed by atoms with Gasteiger partial charge in [-0.3, -0.25) is 4.79 Å². The molecule has 2 N–H and O–H groups in total. The number of para-hydroxylation sites is 1. The van der Waals surface area contributed by atoms with Crippen LogP contribution in [0.2, 0.25) is 0 Å². The van der Waals surface area contributed by atoms with Crippen molar-refractivity contribution in [1.29, 1.82) is 0 Å². The highest BCUT2D eigenvalue weighted by Gasteiger charge is 2.32. The second kappa shape index (κ2) is 11.8. The van der Waals surface area contributed by atoms with E-state index in [9.17, 15) is 14.3 Å². The number of benzene rings is 2. The number of aliphatic hydroxyl groups is 1. The van der Waals surface area contributed by atoms with E-state index >= 15 is 0 Å². The van der Waals surface area contributed by atoms with Crippen molar-refractivity contribution in [3.05, 3.63) is 65.5 Å². The van der Waals surface area contributed by atoms with Gasteiger partial charge in [0.05, 0.1) is 6.54 Å². The zero-order valence-electron chi connectivity index (χ0n) is 18.9. The number of hydrogen-bond acceptors (Lipinski definition) is 3. The molecule has 1 saturated heterocycles. The molecule has 4 rings (SSSR count). The topological polar surface area (TPSA) is 68.2 Å². The summed E-state index contributed by atoms with van der Waals surface area (Å²) in [6.45, 7) is 5.12. The fourth-order valence-electron chi connectivity index (χ4n) is 4.61. The molecule has 0 spiro atoms. The number of nitrogens with one attached hydrogen (secondary N) is 1. The molecule has 178 valence electrons. The van der Waals surface area contributed by atoms with E-state index in [0.29, 0.717) is 24.8 Å². The number of aliphatic hydroxyl groups excluding tert-OH is 1. The van der Waals surface area contributed by atoms with Gasteiger partial charge in [0.25, 0.3) is 0 Å². The Morgan fingerprint density at radius 2 is 2.00 bits per heavy atom. The number of amides is 1. The van der Waals surface area contributed by atoms with Crippen LogP contribution in [0.25, 0.3) is 0 Å². The van der Waals surface area contributed by atoms with Crippen molar-refractivity contribution in [1.82, 2.24) is 10.2 Å². The number of nitrogens with zero attached hydrogens (tertiary/aromatic N) is 3. The standard InChI is InChI=1S/C25H31FN4O2.HI/c1-2-27-25(28-16-23(31)20-9-3-5-10-21(20)26)30-17-18(19-8-4-6-11-22(19)30)13-15-29-14-7-12-24(29)32;/h3-6,8-11,18,23,31H,2,7,12-17H2,1H3,(H,27,28);1H. The number of anilines is 1. The van der Waals surface area contributed by atoms with Gasteiger partial charge in [-0.25, -0.2) is 9.38 Å². The number of guanidine groups is 1. The Hall–Kier alpha value is -2.20. The second-order valence-electron chi connectivity index (χ2n) is 8.37. The summed E-state index contributed by atoms with van der Waals surface area (Å²) in [7, 11) is 0. The van der Waals surface area contributed by atoms with E-state index in [-0.39, 0.29) is 42.0 Å². The van der Waals surface area contributed by atoms with Gasteiger partial charge in [-0.2, -0.15) is 0 Å². The summed E-state index contributed by atoms with van der Waals surface area (Å²) in [5.41, 5.74) is 2.59. The summed E-state index contributed by atoms with van der Waals surface area (Å²) in [5, 5.41) is 13.8. The molecule has 0 saturated carbocycles. The zero-order chi connectivity index (χ0) is 22.5. The Kier molecular flexibility index (Phi) is 9.08. The van der Waals surface area contributed by atoms with Crippen LogP contribution in [0.3, 0.4) is 0 Å². The van der Waals surface area contributed by atoms with Crippen LogP contribution in [-0.2, 0) is 4.79 Å². The van der Waals surface area contributed by atoms with Crippen molar-refractivity contribution in [3.8, 4) is 0 Å². The van der Waals surface area contributed by atoms with Crippen LogP contribution in [0.4, 0.5) is 10.1 Å². The van der Waals surface area contributed by atoms with Crippen LogP contribution in [0.15, 0.2) is 53.5 Å². The van der Waals surface area contributed by atoms with Crippen molar-refractivity contribution in [2.24, 2.45) is 4.99 Å². The summed E-state index contributed by atoms with van der Waals surface area (Å²) >= 11 is 0. The van der Waals surface area contributed by atoms with E-state index in [0.717, 1.165) is 38.2 Å². The lowest BCUT2D eigenvalue weighted by atomic mass is 9.98. The third-order valence-corrected chi connectivity index (χ3v) is 6.26. The average Bonchev–Trinajstić information content (AvgIpc) is 3.38. The summed E-state index contributed by atoms with van der Waals surface area (Å²) in [4.78, 5) is 20.8. The first-order valence-electron chi connectivity index (χ1n) is 11.4. The smallest absolute Gasteiger partial charge is 0.222 e. The largest absolute Gasteiger partial charge is 0.386 e. The molecule has 2 aliphatic heterocycles. The molecular weight excluding hydrogens is 534 g/mol. The van der Waals surface area contributed by atoms with E-state index in [1.807, 2.05) is 24.0 Å². The van der Waals surface area contributed by atoms with Crippen LogP contribution in [0.5, 0.6) is 0 Å². The minimum atomic E-state index is -1.01. The first-order chi connectivity index (χ1) is 15.6. The summed E-state index contributed by atoms with van der Waals surface area (Å²) in [6.07, 6.45) is 1.50. The number of likely N-dealkylation sites (tertiary alicyclic amines) is 1. The van der Waals surface area contributed by atoms with Crippen molar-refractivity contribution >= 4 is 41.5 Å². The van der Waals surface area contributed by atoms with Crippen LogP contribution >= 0.6 is 24.0 Å². The van der Waals surface area contributed by atoms with Crippen molar-refractivity contribution < 1.29 is 14.3 Å². The molecule has 2 aliphatic rings. The minimum absolute atomic E-state index is 0. The number of rotatable bonds is 7. The van der Waals surface area contributed by atoms with E-state index in [4.69, 9.17) is 0 Å². The second-order valence-corrected chi connectivity index (χ2v) is 8.37. The highest BCUT2D eigenvalue weighted by molar-refractivity contribution is 14.0. The fraction of sp³-hybridized carbons (Fsp3) is 0.440. The van der Waals surface area contributed by atoms with E-state index in [1.165, 1.54) is 11.6 Å². The number of halogens is 2. The Balaban J connectivity index is 0.00000306. The number of hydrogen-bond donors (Lipinski definition) is 2. The lowest BCUT2D eigenvalue weighted by Crippen LogP contribution is -2.41. The SMILES string of the molecule is CCNC(=NCC(O)c1ccccc1F)N1CC(CCN2CCCC2=O)c2ccccc21.I. The molecule has 2 aromatic rings.